The number of carbonyl (C=O) groups excluding carboxylic acids is 1. The van der Waals surface area contributed by atoms with E-state index in [1.807, 2.05) is 91.5 Å². The zero-order valence-corrected chi connectivity index (χ0v) is 20.4. The van der Waals surface area contributed by atoms with Crippen LogP contribution in [-0.2, 0) is 0 Å². The molecule has 36 heavy (non-hydrogen) atoms. The number of nitrogens with zero attached hydrogens (tertiary/aromatic N) is 5. The Kier molecular flexibility index (Phi) is 6.75. The minimum absolute atomic E-state index is 0.0210. The van der Waals surface area contributed by atoms with Crippen LogP contribution in [0.2, 0.25) is 0 Å². The van der Waals surface area contributed by atoms with Gasteiger partial charge in [0.15, 0.2) is 0 Å². The van der Waals surface area contributed by atoms with Gasteiger partial charge < -0.3 is 19.9 Å². The molecule has 5 rings (SSSR count). The molecule has 0 bridgehead atoms. The number of para-hydroxylation sites is 1. The molecule has 8 heteroatoms. The van der Waals surface area contributed by atoms with Crippen molar-refractivity contribution in [1.29, 1.82) is 0 Å². The molecular weight excluding hydrogens is 452 g/mol. The number of hydrogen-bond acceptors (Lipinski definition) is 7. The molecule has 1 N–H and O–H groups in total. The van der Waals surface area contributed by atoms with Crippen molar-refractivity contribution in [3.8, 4) is 11.5 Å². The number of ether oxygens (including phenoxy) is 1. The summed E-state index contributed by atoms with van der Waals surface area (Å²) in [5.41, 5.74) is 1.77. The third-order valence-electron chi connectivity index (χ3n) is 5.97. The number of amides is 1. The number of rotatable bonds is 6. The predicted octanol–water partition coefficient (Wildman–Crippen LogP) is 4.99. The molecule has 182 valence electrons. The number of nitrogens with one attached hydrogen (secondary N) is 1. The number of carbonyl (C=O) groups is 1. The van der Waals surface area contributed by atoms with Crippen LogP contribution in [0.1, 0.15) is 21.7 Å². The lowest BCUT2D eigenvalue weighted by Gasteiger charge is -2.35. The largest absolute Gasteiger partial charge is 0.457 e. The van der Waals surface area contributed by atoms with E-state index in [4.69, 9.17) is 4.74 Å². The van der Waals surface area contributed by atoms with E-state index in [0.29, 0.717) is 49.1 Å². The Bertz CT molecular complexity index is 1340. The van der Waals surface area contributed by atoms with Crippen molar-refractivity contribution < 1.29 is 9.53 Å². The summed E-state index contributed by atoms with van der Waals surface area (Å²) in [6.45, 7) is 6.53. The molecule has 1 fully saturated rings. The highest BCUT2D eigenvalue weighted by molar-refractivity contribution is 5.94. The molecule has 0 aliphatic carbocycles. The summed E-state index contributed by atoms with van der Waals surface area (Å²) in [5, 5.41) is 3.27. The van der Waals surface area contributed by atoms with Crippen molar-refractivity contribution in [2.75, 3.05) is 36.4 Å². The quantitative estimate of drug-likeness (QED) is 0.416. The van der Waals surface area contributed by atoms with Gasteiger partial charge in [-0.2, -0.15) is 0 Å². The Morgan fingerprint density at radius 1 is 0.833 bits per heavy atom. The Hall–Kier alpha value is -4.46. The topological polar surface area (TPSA) is 83.5 Å². The molecule has 3 heterocycles. The predicted molar refractivity (Wildman–Crippen MR) is 140 cm³/mol. The lowest BCUT2D eigenvalue weighted by molar-refractivity contribution is 0.0746. The second kappa shape index (κ2) is 10.4. The molecule has 1 aliphatic rings. The average molecular weight is 481 g/mol. The van der Waals surface area contributed by atoms with Crippen LogP contribution >= 0.6 is 0 Å². The molecule has 0 spiro atoms. The van der Waals surface area contributed by atoms with E-state index < -0.39 is 0 Å². The highest BCUT2D eigenvalue weighted by Crippen LogP contribution is 2.23. The number of hydrogen-bond donors (Lipinski definition) is 1. The van der Waals surface area contributed by atoms with Crippen LogP contribution in [0, 0.1) is 13.8 Å². The molecule has 2 aromatic heterocycles. The number of pyridine rings is 1. The normalized spacial score (nSPS) is 13.4. The maximum absolute atomic E-state index is 13.1. The summed E-state index contributed by atoms with van der Waals surface area (Å²) >= 11 is 0. The SMILES string of the molecule is Cc1ccnc(Nc2cc(N3CCN(C(=O)c4ccc(Oc5ccccc5)cc4)CC3)nc(C)n2)c1. The third-order valence-corrected chi connectivity index (χ3v) is 5.97. The second-order valence-electron chi connectivity index (χ2n) is 8.72. The maximum atomic E-state index is 13.1. The third kappa shape index (κ3) is 5.60. The van der Waals surface area contributed by atoms with Gasteiger partial charge >= 0.3 is 0 Å². The van der Waals surface area contributed by atoms with Crippen LogP contribution in [0.25, 0.3) is 0 Å². The van der Waals surface area contributed by atoms with Crippen LogP contribution in [0.15, 0.2) is 79.0 Å². The molecule has 0 radical (unpaired) electrons. The molecule has 2 aromatic carbocycles. The molecule has 0 unspecified atom stereocenters. The van der Waals surface area contributed by atoms with Gasteiger partial charge in [-0.05, 0) is 67.9 Å². The van der Waals surface area contributed by atoms with Crippen molar-refractivity contribution in [2.24, 2.45) is 0 Å². The lowest BCUT2D eigenvalue weighted by atomic mass is 10.1. The first-order chi connectivity index (χ1) is 17.5. The van der Waals surface area contributed by atoms with E-state index in [-0.39, 0.29) is 5.91 Å². The summed E-state index contributed by atoms with van der Waals surface area (Å²) in [6, 6.07) is 22.7. The first-order valence-corrected chi connectivity index (χ1v) is 12.0. The van der Waals surface area contributed by atoms with E-state index in [0.717, 1.165) is 22.9 Å². The molecule has 0 saturated carbocycles. The Balaban J connectivity index is 1.20. The highest BCUT2D eigenvalue weighted by atomic mass is 16.5. The molecule has 4 aromatic rings. The smallest absolute Gasteiger partial charge is 0.253 e. The average Bonchev–Trinajstić information content (AvgIpc) is 2.89. The molecule has 0 atom stereocenters. The van der Waals surface area contributed by atoms with Gasteiger partial charge in [0.25, 0.3) is 5.91 Å². The first kappa shape index (κ1) is 23.3. The van der Waals surface area contributed by atoms with Gasteiger partial charge in [-0.1, -0.05) is 18.2 Å². The summed E-state index contributed by atoms with van der Waals surface area (Å²) in [6.07, 6.45) is 1.77. The van der Waals surface area contributed by atoms with Gasteiger partial charge in [0, 0.05) is 44.0 Å². The van der Waals surface area contributed by atoms with Crippen molar-refractivity contribution in [3.63, 3.8) is 0 Å². The van der Waals surface area contributed by atoms with Crippen molar-refractivity contribution in [3.05, 3.63) is 95.9 Å². The summed E-state index contributed by atoms with van der Waals surface area (Å²) in [4.78, 5) is 30.6. The second-order valence-corrected chi connectivity index (χ2v) is 8.72. The number of anilines is 3. The molecule has 1 saturated heterocycles. The monoisotopic (exact) mass is 480 g/mol. The van der Waals surface area contributed by atoms with Crippen molar-refractivity contribution in [2.45, 2.75) is 13.8 Å². The summed E-state index contributed by atoms with van der Waals surface area (Å²) < 4.78 is 5.83. The molecule has 1 amide bonds. The minimum Gasteiger partial charge on any atom is -0.457 e. The Morgan fingerprint density at radius 2 is 1.56 bits per heavy atom. The van der Waals surface area contributed by atoms with E-state index in [1.165, 1.54) is 0 Å². The van der Waals surface area contributed by atoms with Gasteiger partial charge in [-0.25, -0.2) is 15.0 Å². The van der Waals surface area contributed by atoms with Crippen LogP contribution in [0.4, 0.5) is 17.5 Å². The first-order valence-electron chi connectivity index (χ1n) is 12.0. The highest BCUT2D eigenvalue weighted by Gasteiger charge is 2.23. The fourth-order valence-electron chi connectivity index (χ4n) is 4.13. The zero-order chi connectivity index (χ0) is 24.9. The van der Waals surface area contributed by atoms with Crippen LogP contribution in [0.3, 0.4) is 0 Å². The van der Waals surface area contributed by atoms with E-state index in [9.17, 15) is 4.79 Å². The summed E-state index contributed by atoms with van der Waals surface area (Å²) in [5.74, 6) is 4.45. The Morgan fingerprint density at radius 3 is 2.28 bits per heavy atom. The molecule has 8 nitrogen and oxygen atoms in total. The van der Waals surface area contributed by atoms with Gasteiger partial charge in [0.2, 0.25) is 0 Å². The Labute approximate surface area is 210 Å². The van der Waals surface area contributed by atoms with Crippen LogP contribution in [-0.4, -0.2) is 51.9 Å². The van der Waals surface area contributed by atoms with Gasteiger partial charge in [-0.15, -0.1) is 0 Å². The number of piperazine rings is 1. The fraction of sp³-hybridized carbons (Fsp3) is 0.214. The minimum atomic E-state index is 0.0210. The number of benzene rings is 2. The molecule has 1 aliphatic heterocycles. The van der Waals surface area contributed by atoms with Gasteiger partial charge in [0.1, 0.15) is 34.8 Å². The van der Waals surface area contributed by atoms with Gasteiger partial charge in [0.05, 0.1) is 0 Å². The van der Waals surface area contributed by atoms with Crippen LogP contribution in [0.5, 0.6) is 11.5 Å². The van der Waals surface area contributed by atoms with Gasteiger partial charge in [-0.3, -0.25) is 4.79 Å². The number of aryl methyl sites for hydroxylation is 2. The standard InChI is InChI=1S/C28H28N6O2/c1-20-12-13-29-25(18-20)32-26-19-27(31-21(2)30-26)33-14-16-34(17-15-33)28(35)22-8-10-24(11-9-22)36-23-6-4-3-5-7-23/h3-13,18-19H,14-17H2,1-2H3,(H,29,30,31,32). The lowest BCUT2D eigenvalue weighted by Crippen LogP contribution is -2.49. The van der Waals surface area contributed by atoms with E-state index in [1.54, 1.807) is 6.20 Å². The van der Waals surface area contributed by atoms with Crippen molar-refractivity contribution in [1.82, 2.24) is 19.9 Å². The van der Waals surface area contributed by atoms with E-state index in [2.05, 4.69) is 25.2 Å². The molecular formula is C28H28N6O2. The number of aromatic nitrogens is 3. The maximum Gasteiger partial charge on any atom is 0.253 e. The van der Waals surface area contributed by atoms with Crippen LogP contribution < -0.4 is 15.0 Å². The van der Waals surface area contributed by atoms with E-state index >= 15 is 0 Å². The van der Waals surface area contributed by atoms with Crippen molar-refractivity contribution >= 4 is 23.4 Å². The summed E-state index contributed by atoms with van der Waals surface area (Å²) in [7, 11) is 0. The fourth-order valence-corrected chi connectivity index (χ4v) is 4.13. The zero-order valence-electron chi connectivity index (χ0n) is 20.4.